The summed E-state index contributed by atoms with van der Waals surface area (Å²) in [5.74, 6) is -0.292. The first-order valence-electron chi connectivity index (χ1n) is 6.80. The Morgan fingerprint density at radius 1 is 1.43 bits per heavy atom. The second kappa shape index (κ2) is 5.63. The van der Waals surface area contributed by atoms with Gasteiger partial charge < -0.3 is 20.1 Å². The Hall–Kier alpha value is -2.24. The van der Waals surface area contributed by atoms with Gasteiger partial charge in [-0.25, -0.2) is 4.79 Å². The molecule has 1 aliphatic rings. The Morgan fingerprint density at radius 3 is 2.71 bits per heavy atom. The van der Waals surface area contributed by atoms with Gasteiger partial charge in [0, 0.05) is 13.1 Å². The van der Waals surface area contributed by atoms with Crippen molar-refractivity contribution in [2.24, 2.45) is 5.41 Å². The number of benzene rings is 1. The zero-order valence-electron chi connectivity index (χ0n) is 12.5. The smallest absolute Gasteiger partial charge is 0.321 e. The molecule has 1 fully saturated rings. The number of urea groups is 1. The van der Waals surface area contributed by atoms with Crippen LogP contribution in [-0.4, -0.2) is 42.2 Å². The molecule has 1 aromatic rings. The van der Waals surface area contributed by atoms with Crippen LogP contribution < -0.4 is 10.1 Å². The number of carbonyl (C=O) groups is 2. The zero-order chi connectivity index (χ0) is 15.6. The summed E-state index contributed by atoms with van der Waals surface area (Å²) in [6, 6.07) is 5.20. The Kier molecular flexibility index (Phi) is 4.06. The Bertz CT molecular complexity index is 573. The Morgan fingerprint density at radius 2 is 2.14 bits per heavy atom. The molecule has 2 rings (SSSR count). The van der Waals surface area contributed by atoms with Crippen molar-refractivity contribution in [2.45, 2.75) is 20.3 Å². The lowest BCUT2D eigenvalue weighted by atomic mass is 9.90. The average molecular weight is 292 g/mol. The van der Waals surface area contributed by atoms with Gasteiger partial charge in [0.05, 0.1) is 18.2 Å². The molecule has 1 unspecified atom stereocenters. The van der Waals surface area contributed by atoms with Crippen LogP contribution in [-0.2, 0) is 4.79 Å². The number of rotatable bonds is 3. The van der Waals surface area contributed by atoms with E-state index in [-0.39, 0.29) is 12.6 Å². The monoisotopic (exact) mass is 292 g/mol. The maximum atomic E-state index is 12.3. The van der Waals surface area contributed by atoms with E-state index in [2.05, 4.69) is 5.32 Å². The Labute approximate surface area is 123 Å². The molecule has 0 radical (unpaired) electrons. The summed E-state index contributed by atoms with van der Waals surface area (Å²) >= 11 is 0. The molecule has 0 bridgehead atoms. The number of aliphatic carboxylic acids is 1. The number of nitrogens with one attached hydrogen (secondary N) is 1. The number of amides is 2. The molecule has 6 heteroatoms. The molecule has 21 heavy (non-hydrogen) atoms. The fraction of sp³-hybridized carbons (Fsp3) is 0.467. The largest absolute Gasteiger partial charge is 0.495 e. The molecule has 0 aromatic heterocycles. The number of nitrogens with zero attached hydrogens (tertiary/aromatic N) is 1. The first-order chi connectivity index (χ1) is 9.85. The highest BCUT2D eigenvalue weighted by atomic mass is 16.5. The summed E-state index contributed by atoms with van der Waals surface area (Å²) in [6.07, 6.45) is 0.459. The number of carboxylic acid groups (broad SMARTS) is 1. The third-order valence-corrected chi connectivity index (χ3v) is 3.87. The van der Waals surface area contributed by atoms with Crippen molar-refractivity contribution >= 4 is 17.7 Å². The van der Waals surface area contributed by atoms with Crippen LogP contribution in [0.1, 0.15) is 18.9 Å². The van der Waals surface area contributed by atoms with E-state index in [0.29, 0.717) is 24.4 Å². The van der Waals surface area contributed by atoms with E-state index in [1.54, 1.807) is 13.0 Å². The van der Waals surface area contributed by atoms with Gasteiger partial charge in [0.25, 0.3) is 0 Å². The highest BCUT2D eigenvalue weighted by Gasteiger charge is 2.42. The minimum absolute atomic E-state index is 0.211. The highest BCUT2D eigenvalue weighted by molar-refractivity contribution is 5.92. The van der Waals surface area contributed by atoms with Crippen LogP contribution in [0.2, 0.25) is 0 Å². The second-order valence-corrected chi connectivity index (χ2v) is 5.67. The maximum absolute atomic E-state index is 12.3. The van der Waals surface area contributed by atoms with E-state index >= 15 is 0 Å². The van der Waals surface area contributed by atoms with Crippen LogP contribution in [0, 0.1) is 12.3 Å². The summed E-state index contributed by atoms with van der Waals surface area (Å²) in [5, 5.41) is 12.0. The number of carbonyl (C=O) groups excluding carboxylic acids is 1. The van der Waals surface area contributed by atoms with Crippen LogP contribution in [0.3, 0.4) is 0 Å². The second-order valence-electron chi connectivity index (χ2n) is 5.67. The lowest BCUT2D eigenvalue weighted by molar-refractivity contribution is -0.146. The summed E-state index contributed by atoms with van der Waals surface area (Å²) in [6.45, 7) is 4.23. The van der Waals surface area contributed by atoms with E-state index in [1.807, 2.05) is 19.1 Å². The van der Waals surface area contributed by atoms with Gasteiger partial charge in [-0.2, -0.15) is 0 Å². The van der Waals surface area contributed by atoms with Crippen LogP contribution >= 0.6 is 0 Å². The fourth-order valence-corrected chi connectivity index (χ4v) is 2.42. The predicted octanol–water partition coefficient (Wildman–Crippen LogP) is 2.33. The lowest BCUT2D eigenvalue weighted by Crippen LogP contribution is -2.37. The van der Waals surface area contributed by atoms with Gasteiger partial charge in [0.2, 0.25) is 0 Å². The maximum Gasteiger partial charge on any atom is 0.321 e. The van der Waals surface area contributed by atoms with Gasteiger partial charge in [-0.15, -0.1) is 0 Å². The standard InChI is InChI=1S/C15H20N2O4/c1-10-4-5-12(21-3)11(8-10)16-14(20)17-7-6-15(2,9-17)13(18)19/h4-5,8H,6-7,9H2,1-3H3,(H,16,20)(H,18,19). The van der Waals surface area contributed by atoms with Crippen LogP contribution in [0.15, 0.2) is 18.2 Å². The summed E-state index contributed by atoms with van der Waals surface area (Å²) in [7, 11) is 1.54. The van der Waals surface area contributed by atoms with Crippen molar-refractivity contribution in [3.63, 3.8) is 0 Å². The minimum atomic E-state index is -0.870. The van der Waals surface area contributed by atoms with E-state index in [9.17, 15) is 14.7 Å². The first-order valence-corrected chi connectivity index (χ1v) is 6.80. The van der Waals surface area contributed by atoms with Gasteiger partial charge in [-0.1, -0.05) is 6.07 Å². The molecule has 1 heterocycles. The van der Waals surface area contributed by atoms with E-state index < -0.39 is 11.4 Å². The van der Waals surface area contributed by atoms with Crippen molar-refractivity contribution in [2.75, 3.05) is 25.5 Å². The third-order valence-electron chi connectivity index (χ3n) is 3.87. The molecule has 0 aliphatic carbocycles. The number of aryl methyl sites for hydroxylation is 1. The Balaban J connectivity index is 2.10. The molecule has 0 spiro atoms. The van der Waals surface area contributed by atoms with Crippen LogP contribution in [0.4, 0.5) is 10.5 Å². The number of hydrogen-bond acceptors (Lipinski definition) is 3. The fourth-order valence-electron chi connectivity index (χ4n) is 2.42. The van der Waals surface area contributed by atoms with E-state index in [4.69, 9.17) is 4.74 Å². The normalized spacial score (nSPS) is 21.2. The summed E-state index contributed by atoms with van der Waals surface area (Å²) < 4.78 is 5.22. The molecule has 1 atom stereocenters. The molecular weight excluding hydrogens is 272 g/mol. The van der Waals surface area contributed by atoms with Crippen molar-refractivity contribution in [3.05, 3.63) is 23.8 Å². The highest BCUT2D eigenvalue weighted by Crippen LogP contribution is 2.31. The molecule has 2 N–H and O–H groups in total. The molecular formula is C15H20N2O4. The molecule has 114 valence electrons. The molecule has 2 amide bonds. The van der Waals surface area contributed by atoms with Crippen molar-refractivity contribution in [1.29, 1.82) is 0 Å². The minimum Gasteiger partial charge on any atom is -0.495 e. The van der Waals surface area contributed by atoms with E-state index in [0.717, 1.165) is 5.56 Å². The number of ether oxygens (including phenoxy) is 1. The third kappa shape index (κ3) is 3.09. The zero-order valence-corrected chi connectivity index (χ0v) is 12.5. The average Bonchev–Trinajstić information content (AvgIpc) is 2.83. The number of methoxy groups -OCH3 is 1. The molecule has 1 aliphatic heterocycles. The summed E-state index contributed by atoms with van der Waals surface area (Å²) in [5.41, 5.74) is 0.725. The van der Waals surface area contributed by atoms with Crippen LogP contribution in [0.5, 0.6) is 5.75 Å². The van der Waals surface area contributed by atoms with Crippen molar-refractivity contribution in [1.82, 2.24) is 4.90 Å². The van der Waals surface area contributed by atoms with Crippen LogP contribution in [0.25, 0.3) is 0 Å². The van der Waals surface area contributed by atoms with Gasteiger partial charge in [-0.05, 0) is 38.0 Å². The lowest BCUT2D eigenvalue weighted by Gasteiger charge is -2.21. The van der Waals surface area contributed by atoms with Gasteiger partial charge in [-0.3, -0.25) is 4.79 Å². The van der Waals surface area contributed by atoms with Gasteiger partial charge in [0.1, 0.15) is 5.75 Å². The quantitative estimate of drug-likeness (QED) is 0.896. The molecule has 1 saturated heterocycles. The topological polar surface area (TPSA) is 78.9 Å². The molecule has 1 aromatic carbocycles. The van der Waals surface area contributed by atoms with Crippen molar-refractivity contribution in [3.8, 4) is 5.75 Å². The SMILES string of the molecule is COc1ccc(C)cc1NC(=O)N1CCC(C)(C(=O)O)C1. The summed E-state index contributed by atoms with van der Waals surface area (Å²) in [4.78, 5) is 25.0. The number of hydrogen-bond donors (Lipinski definition) is 2. The number of anilines is 1. The molecule has 6 nitrogen and oxygen atoms in total. The van der Waals surface area contributed by atoms with E-state index in [1.165, 1.54) is 12.0 Å². The number of likely N-dealkylation sites (tertiary alicyclic amines) is 1. The first kappa shape index (κ1) is 15.2. The van der Waals surface area contributed by atoms with Gasteiger partial charge >= 0.3 is 12.0 Å². The number of carboxylic acids is 1. The van der Waals surface area contributed by atoms with Crippen molar-refractivity contribution < 1.29 is 19.4 Å². The predicted molar refractivity (Wildman–Crippen MR) is 78.7 cm³/mol. The molecule has 0 saturated carbocycles. The van der Waals surface area contributed by atoms with Gasteiger partial charge in [0.15, 0.2) is 0 Å².